The van der Waals surface area contributed by atoms with E-state index in [4.69, 9.17) is 4.74 Å². The molecule has 0 aliphatic carbocycles. The maximum Gasteiger partial charge on any atom is 0.343 e. The lowest BCUT2D eigenvalue weighted by Gasteiger charge is -2.09. The van der Waals surface area contributed by atoms with Gasteiger partial charge in [-0.25, -0.2) is 4.79 Å². The van der Waals surface area contributed by atoms with Gasteiger partial charge >= 0.3 is 5.97 Å². The van der Waals surface area contributed by atoms with Gasteiger partial charge in [0.15, 0.2) is 6.16 Å². The summed E-state index contributed by atoms with van der Waals surface area (Å²) in [4.78, 5) is 10.9. The number of hydrogen-bond donors (Lipinski definition) is 0. The Morgan fingerprint density at radius 3 is 2.20 bits per heavy atom. The molecule has 0 radical (unpaired) electrons. The molecule has 0 aromatic rings. The maximum atomic E-state index is 10.9. The van der Waals surface area contributed by atoms with Crippen LogP contribution in [0.3, 0.4) is 0 Å². The molecular weight excluding hydrogens is 147 g/mol. The molecule has 0 fully saturated rings. The first-order valence-corrected chi connectivity index (χ1v) is 6.73. The predicted molar refractivity (Wildman–Crippen MR) is 46.2 cm³/mol. The van der Waals surface area contributed by atoms with Crippen molar-refractivity contribution < 1.29 is 9.53 Å². The van der Waals surface area contributed by atoms with Crippen LogP contribution >= 0.6 is 7.26 Å². The number of carbonyl (C=O) groups is 1. The van der Waals surface area contributed by atoms with Gasteiger partial charge in [-0.2, -0.15) is 0 Å². The summed E-state index contributed by atoms with van der Waals surface area (Å²) in [6, 6.07) is 0. The van der Waals surface area contributed by atoms with Crippen molar-refractivity contribution >= 4 is 13.2 Å². The Kier molecular flexibility index (Phi) is 3.88. The number of ether oxygens (including phenoxy) is 1. The SMILES string of the molecule is CCOC(=O)C[P+](C)(C)C. The van der Waals surface area contributed by atoms with Crippen molar-refractivity contribution in [3.05, 3.63) is 0 Å². The zero-order valence-corrected chi connectivity index (χ0v) is 8.07. The number of rotatable bonds is 3. The van der Waals surface area contributed by atoms with Crippen LogP contribution in [0.2, 0.25) is 0 Å². The fourth-order valence-corrected chi connectivity index (χ4v) is 1.46. The van der Waals surface area contributed by atoms with E-state index in [1.807, 2.05) is 6.92 Å². The van der Waals surface area contributed by atoms with E-state index in [2.05, 4.69) is 20.0 Å². The highest BCUT2D eigenvalue weighted by atomic mass is 31.2. The average molecular weight is 163 g/mol. The second-order valence-corrected chi connectivity index (χ2v) is 8.15. The van der Waals surface area contributed by atoms with Gasteiger partial charge in [0.1, 0.15) is 0 Å². The monoisotopic (exact) mass is 163 g/mol. The molecule has 0 bridgehead atoms. The van der Waals surface area contributed by atoms with E-state index in [-0.39, 0.29) is 5.97 Å². The van der Waals surface area contributed by atoms with Crippen LogP contribution in [0.25, 0.3) is 0 Å². The molecule has 0 aliphatic heterocycles. The summed E-state index contributed by atoms with van der Waals surface area (Å²) < 4.78 is 4.81. The van der Waals surface area contributed by atoms with Crippen molar-refractivity contribution in [1.82, 2.24) is 0 Å². The van der Waals surface area contributed by atoms with Gasteiger partial charge in [0.05, 0.1) is 6.61 Å². The summed E-state index contributed by atoms with van der Waals surface area (Å²) in [5.74, 6) is -0.0525. The third-order valence-electron chi connectivity index (χ3n) is 0.909. The third-order valence-corrected chi connectivity index (χ3v) is 2.12. The lowest BCUT2D eigenvalue weighted by Crippen LogP contribution is -2.11. The summed E-state index contributed by atoms with van der Waals surface area (Å²) in [5, 5.41) is 0. The normalized spacial score (nSPS) is 11.2. The molecule has 0 spiro atoms. The number of carbonyl (C=O) groups excluding carboxylic acids is 1. The highest BCUT2D eigenvalue weighted by Crippen LogP contribution is 2.45. The summed E-state index contributed by atoms with van der Waals surface area (Å²) in [6.45, 7) is 8.72. The minimum absolute atomic E-state index is 0.0525. The molecule has 2 nitrogen and oxygen atoms in total. The zero-order valence-electron chi connectivity index (χ0n) is 7.18. The first-order chi connectivity index (χ1) is 4.45. The predicted octanol–water partition coefficient (Wildman–Crippen LogP) is 1.46. The van der Waals surface area contributed by atoms with Crippen molar-refractivity contribution in [2.75, 3.05) is 32.8 Å². The second kappa shape index (κ2) is 3.92. The van der Waals surface area contributed by atoms with Crippen LogP contribution in [0, 0.1) is 0 Å². The molecule has 0 aliphatic rings. The van der Waals surface area contributed by atoms with Crippen LogP contribution in [0.5, 0.6) is 0 Å². The molecule has 0 N–H and O–H groups in total. The van der Waals surface area contributed by atoms with E-state index in [1.54, 1.807) is 0 Å². The van der Waals surface area contributed by atoms with Crippen molar-refractivity contribution in [2.24, 2.45) is 0 Å². The van der Waals surface area contributed by atoms with Gasteiger partial charge in [-0.05, 0) is 6.92 Å². The van der Waals surface area contributed by atoms with Crippen molar-refractivity contribution in [1.29, 1.82) is 0 Å². The lowest BCUT2D eigenvalue weighted by molar-refractivity contribution is -0.139. The molecule has 0 saturated heterocycles. The van der Waals surface area contributed by atoms with Gasteiger partial charge < -0.3 is 4.74 Å². The highest BCUT2D eigenvalue weighted by Gasteiger charge is 2.22. The van der Waals surface area contributed by atoms with Crippen LogP contribution in [0.4, 0.5) is 0 Å². The van der Waals surface area contributed by atoms with E-state index < -0.39 is 7.26 Å². The average Bonchev–Trinajstić information content (AvgIpc) is 1.59. The minimum Gasteiger partial charge on any atom is -0.463 e. The summed E-state index contributed by atoms with van der Waals surface area (Å²) in [6.07, 6.45) is 0.612. The highest BCUT2D eigenvalue weighted by molar-refractivity contribution is 7.74. The zero-order chi connectivity index (χ0) is 8.20. The van der Waals surface area contributed by atoms with Crippen molar-refractivity contribution in [3.8, 4) is 0 Å². The van der Waals surface area contributed by atoms with Gasteiger partial charge in [-0.15, -0.1) is 0 Å². The van der Waals surface area contributed by atoms with E-state index in [0.29, 0.717) is 12.8 Å². The van der Waals surface area contributed by atoms with Crippen LogP contribution in [-0.4, -0.2) is 38.7 Å². The third kappa shape index (κ3) is 6.03. The number of esters is 1. The Labute approximate surface area is 63.3 Å². The standard InChI is InChI=1S/C7H16O2P/c1-5-9-7(8)6-10(2,3)4/h5-6H2,1-4H3/q+1. The van der Waals surface area contributed by atoms with Gasteiger partial charge in [0.25, 0.3) is 0 Å². The topological polar surface area (TPSA) is 26.3 Å². The van der Waals surface area contributed by atoms with Gasteiger partial charge in [-0.3, -0.25) is 0 Å². The quantitative estimate of drug-likeness (QED) is 0.465. The molecule has 10 heavy (non-hydrogen) atoms. The fraction of sp³-hybridized carbons (Fsp3) is 0.857. The van der Waals surface area contributed by atoms with Crippen LogP contribution < -0.4 is 0 Å². The Hall–Kier alpha value is -0.100. The van der Waals surface area contributed by atoms with Gasteiger partial charge in [0.2, 0.25) is 0 Å². The molecule has 0 heterocycles. The van der Waals surface area contributed by atoms with Crippen LogP contribution in [0.1, 0.15) is 6.92 Å². The van der Waals surface area contributed by atoms with Crippen LogP contribution in [0.15, 0.2) is 0 Å². The van der Waals surface area contributed by atoms with Gasteiger partial charge in [-0.1, -0.05) is 0 Å². The molecule has 0 atom stereocenters. The van der Waals surface area contributed by atoms with Crippen LogP contribution in [-0.2, 0) is 9.53 Å². The molecule has 0 aromatic carbocycles. The molecular formula is C7H16O2P+. The molecule has 0 aromatic heterocycles. The summed E-state index contributed by atoms with van der Waals surface area (Å²) >= 11 is 0. The first kappa shape index (κ1) is 9.90. The molecule has 0 unspecified atom stereocenters. The molecule has 0 saturated carbocycles. The van der Waals surface area contributed by atoms with E-state index in [1.165, 1.54) is 0 Å². The molecule has 60 valence electrons. The summed E-state index contributed by atoms with van der Waals surface area (Å²) in [7, 11) is -0.976. The minimum atomic E-state index is -0.976. The largest absolute Gasteiger partial charge is 0.463 e. The maximum absolute atomic E-state index is 10.9. The lowest BCUT2D eigenvalue weighted by atomic mass is 10.8. The van der Waals surface area contributed by atoms with Crippen molar-refractivity contribution in [3.63, 3.8) is 0 Å². The Morgan fingerprint density at radius 1 is 1.40 bits per heavy atom. The molecule has 0 rings (SSSR count). The second-order valence-electron chi connectivity index (χ2n) is 3.25. The van der Waals surface area contributed by atoms with E-state index in [0.717, 1.165) is 0 Å². The first-order valence-electron chi connectivity index (χ1n) is 3.42. The van der Waals surface area contributed by atoms with E-state index in [9.17, 15) is 4.79 Å². The van der Waals surface area contributed by atoms with Gasteiger partial charge in [0, 0.05) is 27.3 Å². The fourth-order valence-electron chi connectivity index (χ4n) is 0.594. The summed E-state index contributed by atoms with van der Waals surface area (Å²) in [5.41, 5.74) is 0. The van der Waals surface area contributed by atoms with E-state index >= 15 is 0 Å². The Bertz CT molecular complexity index is 115. The Balaban J connectivity index is 3.58. The molecule has 3 heteroatoms. The molecule has 0 amide bonds. The van der Waals surface area contributed by atoms with Crippen molar-refractivity contribution in [2.45, 2.75) is 6.92 Å². The number of hydrogen-bond acceptors (Lipinski definition) is 2. The smallest absolute Gasteiger partial charge is 0.343 e. The Morgan fingerprint density at radius 2 is 1.90 bits per heavy atom.